The van der Waals surface area contributed by atoms with Crippen LogP contribution in [0.15, 0.2) is 52.2 Å². The summed E-state index contributed by atoms with van der Waals surface area (Å²) in [4.78, 5) is 13.0. The molecule has 2 aromatic heterocycles. The molecule has 0 bridgehead atoms. The first-order valence-corrected chi connectivity index (χ1v) is 9.80. The number of hydrogen-bond acceptors (Lipinski definition) is 11. The second-order valence-corrected chi connectivity index (χ2v) is 6.69. The van der Waals surface area contributed by atoms with E-state index in [1.807, 2.05) is 0 Å². The SMILES string of the molecule is COc1cccc(-c2c(C(=O)N/N=C\c3cccc(OC)c3OC)nnn2-c2nonc2N)c1. The second-order valence-electron chi connectivity index (χ2n) is 6.69. The molecule has 34 heavy (non-hydrogen) atoms. The van der Waals surface area contributed by atoms with Crippen molar-refractivity contribution in [2.75, 3.05) is 27.1 Å². The Labute approximate surface area is 193 Å². The number of carbonyl (C=O) groups is 1. The lowest BCUT2D eigenvalue weighted by Crippen LogP contribution is -2.19. The number of rotatable bonds is 8. The molecule has 2 heterocycles. The summed E-state index contributed by atoms with van der Waals surface area (Å²) in [5.74, 6) is 0.987. The van der Waals surface area contributed by atoms with Crippen molar-refractivity contribution in [1.29, 1.82) is 0 Å². The van der Waals surface area contributed by atoms with Gasteiger partial charge in [0.05, 0.1) is 27.5 Å². The second kappa shape index (κ2) is 9.68. The number of aromatic nitrogens is 5. The summed E-state index contributed by atoms with van der Waals surface area (Å²) >= 11 is 0. The van der Waals surface area contributed by atoms with Gasteiger partial charge >= 0.3 is 0 Å². The molecule has 0 atom stereocenters. The van der Waals surface area contributed by atoms with Crippen molar-refractivity contribution in [3.63, 3.8) is 0 Å². The molecule has 4 aromatic rings. The molecular formula is C21H20N8O5. The lowest BCUT2D eigenvalue weighted by molar-refractivity contribution is 0.0950. The minimum Gasteiger partial charge on any atom is -0.497 e. The third-order valence-corrected chi connectivity index (χ3v) is 4.73. The molecular weight excluding hydrogens is 444 g/mol. The van der Waals surface area contributed by atoms with Crippen LogP contribution in [0.3, 0.4) is 0 Å². The number of amides is 1. The summed E-state index contributed by atoms with van der Waals surface area (Å²) in [5.41, 5.74) is 9.69. The minimum absolute atomic E-state index is 0.0239. The fourth-order valence-electron chi connectivity index (χ4n) is 3.18. The molecule has 0 saturated carbocycles. The van der Waals surface area contributed by atoms with E-state index in [-0.39, 0.29) is 23.0 Å². The molecule has 0 spiro atoms. The van der Waals surface area contributed by atoms with Gasteiger partial charge in [-0.15, -0.1) is 5.10 Å². The standard InChI is InChI=1S/C21H20N8O5/c1-31-14-8-4-6-12(10-14)17-16(24-28-29(17)20-19(22)26-34-27-20)21(30)25-23-11-13-7-5-9-15(32-2)18(13)33-3/h4-11H,1-3H3,(H2,22,26)(H,25,30)/b23-11-. The van der Waals surface area contributed by atoms with Crippen molar-refractivity contribution in [2.45, 2.75) is 0 Å². The van der Waals surface area contributed by atoms with E-state index in [0.717, 1.165) is 0 Å². The van der Waals surface area contributed by atoms with E-state index in [9.17, 15) is 4.79 Å². The smallest absolute Gasteiger partial charge is 0.294 e. The first-order valence-electron chi connectivity index (χ1n) is 9.80. The Kier molecular flexibility index (Phi) is 6.34. The van der Waals surface area contributed by atoms with Crippen LogP contribution in [0.5, 0.6) is 17.2 Å². The summed E-state index contributed by atoms with van der Waals surface area (Å²) in [6.45, 7) is 0. The zero-order valence-corrected chi connectivity index (χ0v) is 18.4. The van der Waals surface area contributed by atoms with E-state index in [1.165, 1.54) is 32.2 Å². The molecule has 174 valence electrons. The maximum Gasteiger partial charge on any atom is 0.294 e. The van der Waals surface area contributed by atoms with Gasteiger partial charge < -0.3 is 19.9 Å². The van der Waals surface area contributed by atoms with Gasteiger partial charge in [0.15, 0.2) is 17.2 Å². The number of hydrazone groups is 1. The highest BCUT2D eigenvalue weighted by Gasteiger charge is 2.25. The number of anilines is 1. The largest absolute Gasteiger partial charge is 0.497 e. The predicted molar refractivity (Wildman–Crippen MR) is 120 cm³/mol. The summed E-state index contributed by atoms with van der Waals surface area (Å²) in [6.07, 6.45) is 1.43. The maximum atomic E-state index is 13.0. The topological polar surface area (TPSA) is 165 Å². The molecule has 0 aliphatic rings. The number of nitrogens with two attached hydrogens (primary N) is 1. The molecule has 4 rings (SSSR count). The van der Waals surface area contributed by atoms with Crippen LogP contribution < -0.4 is 25.4 Å². The average Bonchev–Trinajstić information content (AvgIpc) is 3.49. The first-order chi connectivity index (χ1) is 16.6. The summed E-state index contributed by atoms with van der Waals surface area (Å²) in [7, 11) is 4.57. The van der Waals surface area contributed by atoms with Crippen molar-refractivity contribution in [3.8, 4) is 34.3 Å². The Morgan fingerprint density at radius 3 is 2.65 bits per heavy atom. The molecule has 0 radical (unpaired) electrons. The molecule has 13 nitrogen and oxygen atoms in total. The van der Waals surface area contributed by atoms with Gasteiger partial charge in [-0.1, -0.05) is 23.4 Å². The van der Waals surface area contributed by atoms with E-state index in [1.54, 1.807) is 42.5 Å². The predicted octanol–water partition coefficient (Wildman–Crippen LogP) is 1.69. The fourth-order valence-corrected chi connectivity index (χ4v) is 3.18. The quantitative estimate of drug-likeness (QED) is 0.289. The van der Waals surface area contributed by atoms with Gasteiger partial charge in [0.25, 0.3) is 5.91 Å². The van der Waals surface area contributed by atoms with Gasteiger partial charge in [-0.3, -0.25) is 4.79 Å². The maximum absolute atomic E-state index is 13.0. The lowest BCUT2D eigenvalue weighted by atomic mass is 10.1. The van der Waals surface area contributed by atoms with Crippen LogP contribution in [0.25, 0.3) is 17.1 Å². The number of carbonyl (C=O) groups excluding carboxylic acids is 1. The van der Waals surface area contributed by atoms with Crippen LogP contribution in [0, 0.1) is 0 Å². The highest BCUT2D eigenvalue weighted by atomic mass is 16.6. The number of nitrogens with zero attached hydrogens (tertiary/aromatic N) is 6. The summed E-state index contributed by atoms with van der Waals surface area (Å²) in [5, 5.41) is 19.4. The molecule has 0 aliphatic carbocycles. The van der Waals surface area contributed by atoms with E-state index >= 15 is 0 Å². The van der Waals surface area contributed by atoms with Gasteiger partial charge in [0.1, 0.15) is 11.4 Å². The normalized spacial score (nSPS) is 10.9. The number of hydrogen-bond donors (Lipinski definition) is 2. The highest BCUT2D eigenvalue weighted by Crippen LogP contribution is 2.30. The molecule has 1 amide bonds. The van der Waals surface area contributed by atoms with Crippen LogP contribution in [0.4, 0.5) is 5.82 Å². The van der Waals surface area contributed by atoms with Gasteiger partial charge in [-0.2, -0.15) is 9.78 Å². The number of nitrogen functional groups attached to an aromatic ring is 1. The van der Waals surface area contributed by atoms with Crippen LogP contribution in [0.2, 0.25) is 0 Å². The molecule has 3 N–H and O–H groups in total. The highest BCUT2D eigenvalue weighted by molar-refractivity contribution is 5.99. The molecule has 2 aromatic carbocycles. The number of ether oxygens (including phenoxy) is 3. The Hall–Kier alpha value is -4.94. The van der Waals surface area contributed by atoms with E-state index < -0.39 is 5.91 Å². The van der Waals surface area contributed by atoms with E-state index in [4.69, 9.17) is 19.9 Å². The molecule has 0 fully saturated rings. The molecule has 0 unspecified atom stereocenters. The Bertz CT molecular complexity index is 1350. The minimum atomic E-state index is -0.628. The third kappa shape index (κ3) is 4.21. The van der Waals surface area contributed by atoms with Gasteiger partial charge in [0.2, 0.25) is 11.6 Å². The van der Waals surface area contributed by atoms with Crippen molar-refractivity contribution in [1.82, 2.24) is 30.7 Å². The molecule has 0 aliphatic heterocycles. The van der Waals surface area contributed by atoms with Crippen LogP contribution >= 0.6 is 0 Å². The lowest BCUT2D eigenvalue weighted by Gasteiger charge is -2.09. The van der Waals surface area contributed by atoms with Crippen molar-refractivity contribution < 1.29 is 23.6 Å². The van der Waals surface area contributed by atoms with Gasteiger partial charge in [0, 0.05) is 11.1 Å². The van der Waals surface area contributed by atoms with Crippen molar-refractivity contribution in [2.24, 2.45) is 5.10 Å². The monoisotopic (exact) mass is 464 g/mol. The third-order valence-electron chi connectivity index (χ3n) is 4.73. The number of methoxy groups -OCH3 is 3. The average molecular weight is 464 g/mol. The van der Waals surface area contributed by atoms with E-state index in [0.29, 0.717) is 28.4 Å². The first kappa shape index (κ1) is 22.3. The Balaban J connectivity index is 1.69. The molecule has 13 heteroatoms. The number of para-hydroxylation sites is 1. The zero-order valence-electron chi connectivity index (χ0n) is 18.4. The van der Waals surface area contributed by atoms with E-state index in [2.05, 4.69) is 35.8 Å². The van der Waals surface area contributed by atoms with Crippen LogP contribution in [-0.2, 0) is 0 Å². The summed E-state index contributed by atoms with van der Waals surface area (Å²) < 4.78 is 21.9. The Morgan fingerprint density at radius 2 is 1.94 bits per heavy atom. The molecule has 0 saturated heterocycles. The van der Waals surface area contributed by atoms with Crippen molar-refractivity contribution in [3.05, 3.63) is 53.7 Å². The number of nitrogens with one attached hydrogen (secondary N) is 1. The van der Waals surface area contributed by atoms with Gasteiger partial charge in [-0.25, -0.2) is 10.1 Å². The zero-order chi connectivity index (χ0) is 24.1. The fraction of sp³-hybridized carbons (Fsp3) is 0.143. The van der Waals surface area contributed by atoms with Crippen molar-refractivity contribution >= 4 is 17.9 Å². The van der Waals surface area contributed by atoms with Crippen LogP contribution in [0.1, 0.15) is 16.1 Å². The number of benzene rings is 2. The Morgan fingerprint density at radius 1 is 1.12 bits per heavy atom. The van der Waals surface area contributed by atoms with Crippen LogP contribution in [-0.4, -0.2) is 58.8 Å². The summed E-state index contributed by atoms with van der Waals surface area (Å²) in [6, 6.07) is 12.3. The van der Waals surface area contributed by atoms with Gasteiger partial charge in [-0.05, 0) is 34.6 Å².